The van der Waals surface area contributed by atoms with E-state index in [0.717, 1.165) is 17.8 Å². The first-order valence-electron chi connectivity index (χ1n) is 5.06. The fourth-order valence-electron chi connectivity index (χ4n) is 1.59. The summed E-state index contributed by atoms with van der Waals surface area (Å²) in [5.74, 6) is 1.65. The van der Waals surface area contributed by atoms with Crippen LogP contribution >= 0.6 is 0 Å². The van der Waals surface area contributed by atoms with Gasteiger partial charge in [0, 0.05) is 12.5 Å². The molecule has 2 aromatic heterocycles. The van der Waals surface area contributed by atoms with E-state index in [-0.39, 0.29) is 5.92 Å². The Morgan fingerprint density at radius 3 is 2.87 bits per heavy atom. The molecule has 0 aliphatic rings. The first kappa shape index (κ1) is 9.92. The first-order chi connectivity index (χ1) is 7.24. The van der Waals surface area contributed by atoms with Crippen molar-refractivity contribution in [3.05, 3.63) is 18.0 Å². The lowest BCUT2D eigenvalue weighted by Gasteiger charge is -2.06. The van der Waals surface area contributed by atoms with E-state index in [0.29, 0.717) is 18.0 Å². The molecule has 0 aromatic carbocycles. The van der Waals surface area contributed by atoms with Crippen molar-refractivity contribution in [1.82, 2.24) is 15.0 Å². The maximum absolute atomic E-state index is 5.66. The lowest BCUT2D eigenvalue weighted by atomic mass is 10.1. The molecule has 0 radical (unpaired) electrons. The molecule has 1 unspecified atom stereocenters. The van der Waals surface area contributed by atoms with Gasteiger partial charge in [0.15, 0.2) is 5.65 Å². The minimum Gasteiger partial charge on any atom is -0.384 e. The number of anilines is 1. The molecule has 2 aromatic rings. The normalized spacial score (nSPS) is 13.2. The van der Waals surface area contributed by atoms with Crippen LogP contribution in [0.1, 0.15) is 25.1 Å². The van der Waals surface area contributed by atoms with Crippen LogP contribution in [-0.2, 0) is 0 Å². The van der Waals surface area contributed by atoms with Crippen molar-refractivity contribution in [3.8, 4) is 0 Å². The lowest BCUT2D eigenvalue weighted by molar-refractivity contribution is 0.640. The van der Waals surface area contributed by atoms with Gasteiger partial charge >= 0.3 is 0 Å². The van der Waals surface area contributed by atoms with E-state index >= 15 is 0 Å². The van der Waals surface area contributed by atoms with E-state index in [9.17, 15) is 0 Å². The number of hydrogen-bond acceptors (Lipinski definition) is 4. The minimum atomic E-state index is 0.264. The number of nitrogens with one attached hydrogen (secondary N) is 1. The Hall–Kier alpha value is -1.62. The highest BCUT2D eigenvalue weighted by molar-refractivity contribution is 5.72. The molecule has 0 saturated heterocycles. The number of hydrogen-bond donors (Lipinski definition) is 3. The minimum absolute atomic E-state index is 0.264. The average molecular weight is 205 g/mol. The van der Waals surface area contributed by atoms with Gasteiger partial charge < -0.3 is 16.5 Å². The quantitative estimate of drug-likeness (QED) is 0.696. The van der Waals surface area contributed by atoms with Crippen LogP contribution in [0, 0.1) is 0 Å². The summed E-state index contributed by atoms with van der Waals surface area (Å²) in [4.78, 5) is 11.7. The average Bonchev–Trinajstić information content (AvgIpc) is 2.62. The van der Waals surface area contributed by atoms with Gasteiger partial charge in [-0.2, -0.15) is 0 Å². The maximum atomic E-state index is 5.66. The molecule has 1 atom stereocenters. The molecule has 0 amide bonds. The number of fused-ring (bicyclic) bond motifs is 1. The predicted octanol–water partition coefficient (Wildman–Crippen LogP) is 0.992. The molecule has 2 heterocycles. The number of nitrogens with two attached hydrogens (primary N) is 2. The summed E-state index contributed by atoms with van der Waals surface area (Å²) >= 11 is 0. The lowest BCUT2D eigenvalue weighted by Crippen LogP contribution is -2.12. The summed E-state index contributed by atoms with van der Waals surface area (Å²) in [6, 6.07) is 3.64. The molecule has 0 fully saturated rings. The van der Waals surface area contributed by atoms with Crippen LogP contribution in [0.3, 0.4) is 0 Å². The van der Waals surface area contributed by atoms with Crippen LogP contribution in [-0.4, -0.2) is 21.5 Å². The highest BCUT2D eigenvalue weighted by Gasteiger charge is 2.12. The Morgan fingerprint density at radius 1 is 1.40 bits per heavy atom. The van der Waals surface area contributed by atoms with Gasteiger partial charge in [-0.3, -0.25) is 0 Å². The molecule has 80 valence electrons. The Labute approximate surface area is 87.9 Å². The van der Waals surface area contributed by atoms with Gasteiger partial charge in [-0.05, 0) is 18.6 Å². The van der Waals surface area contributed by atoms with Crippen molar-refractivity contribution in [1.29, 1.82) is 0 Å². The van der Waals surface area contributed by atoms with Crippen LogP contribution in [0.15, 0.2) is 12.1 Å². The molecule has 5 N–H and O–H groups in total. The third-order valence-corrected chi connectivity index (χ3v) is 2.55. The van der Waals surface area contributed by atoms with Gasteiger partial charge in [-0.15, -0.1) is 0 Å². The topological polar surface area (TPSA) is 93.6 Å². The standard InChI is InChI=1S/C10H15N5/c1-2-6(5-11)9-13-7-3-4-8(12)14-10(7)15-9/h3-4,6H,2,5,11H2,1H3,(H3,12,13,14,15). The van der Waals surface area contributed by atoms with E-state index in [2.05, 4.69) is 21.9 Å². The first-order valence-corrected chi connectivity index (χ1v) is 5.06. The van der Waals surface area contributed by atoms with E-state index in [1.54, 1.807) is 6.07 Å². The summed E-state index contributed by atoms with van der Waals surface area (Å²) in [5.41, 5.74) is 12.8. The highest BCUT2D eigenvalue weighted by Crippen LogP contribution is 2.18. The molecule has 0 saturated carbocycles. The van der Waals surface area contributed by atoms with Crippen molar-refractivity contribution in [2.45, 2.75) is 19.3 Å². The molecule has 2 rings (SSSR count). The van der Waals surface area contributed by atoms with Crippen LogP contribution in [0.25, 0.3) is 11.2 Å². The molecule has 0 spiro atoms. The van der Waals surface area contributed by atoms with Gasteiger partial charge in [0.1, 0.15) is 11.6 Å². The molecule has 0 aliphatic carbocycles. The third kappa shape index (κ3) is 1.78. The summed E-state index contributed by atoms with van der Waals surface area (Å²) in [5, 5.41) is 0. The van der Waals surface area contributed by atoms with Gasteiger partial charge in [-0.1, -0.05) is 6.92 Å². The van der Waals surface area contributed by atoms with Crippen LogP contribution in [0.5, 0.6) is 0 Å². The molecule has 0 aliphatic heterocycles. The van der Waals surface area contributed by atoms with Crippen LogP contribution < -0.4 is 11.5 Å². The monoisotopic (exact) mass is 205 g/mol. The highest BCUT2D eigenvalue weighted by atomic mass is 15.0. The van der Waals surface area contributed by atoms with Gasteiger partial charge in [0.2, 0.25) is 0 Å². The van der Waals surface area contributed by atoms with Crippen LogP contribution in [0.4, 0.5) is 5.82 Å². The van der Waals surface area contributed by atoms with Crippen molar-refractivity contribution in [3.63, 3.8) is 0 Å². The fraction of sp³-hybridized carbons (Fsp3) is 0.400. The Balaban J connectivity index is 2.46. The Kier molecular flexibility index (Phi) is 2.55. The molecule has 5 heteroatoms. The SMILES string of the molecule is CCC(CN)c1nc2nc(N)ccc2[nH]1. The number of nitrogen functional groups attached to an aromatic ring is 1. The summed E-state index contributed by atoms with van der Waals surface area (Å²) < 4.78 is 0. The number of imidazole rings is 1. The van der Waals surface area contributed by atoms with Crippen molar-refractivity contribution in [2.24, 2.45) is 5.73 Å². The zero-order chi connectivity index (χ0) is 10.8. The number of nitrogens with zero attached hydrogens (tertiary/aromatic N) is 2. The largest absolute Gasteiger partial charge is 0.384 e. The number of pyridine rings is 1. The molecule has 0 bridgehead atoms. The smallest absolute Gasteiger partial charge is 0.179 e. The zero-order valence-corrected chi connectivity index (χ0v) is 8.70. The third-order valence-electron chi connectivity index (χ3n) is 2.55. The Morgan fingerprint density at radius 2 is 2.20 bits per heavy atom. The number of aromatic nitrogens is 3. The fourth-order valence-corrected chi connectivity index (χ4v) is 1.59. The van der Waals surface area contributed by atoms with E-state index in [1.807, 2.05) is 6.07 Å². The summed E-state index contributed by atoms with van der Waals surface area (Å²) in [6.07, 6.45) is 0.964. The second-order valence-corrected chi connectivity index (χ2v) is 3.57. The maximum Gasteiger partial charge on any atom is 0.179 e. The number of H-pyrrole nitrogens is 1. The second-order valence-electron chi connectivity index (χ2n) is 3.57. The van der Waals surface area contributed by atoms with E-state index < -0.39 is 0 Å². The van der Waals surface area contributed by atoms with Crippen molar-refractivity contribution < 1.29 is 0 Å². The van der Waals surface area contributed by atoms with Crippen LogP contribution in [0.2, 0.25) is 0 Å². The number of rotatable bonds is 3. The number of aromatic amines is 1. The molecule has 5 nitrogen and oxygen atoms in total. The molecule has 15 heavy (non-hydrogen) atoms. The predicted molar refractivity (Wildman–Crippen MR) is 60.4 cm³/mol. The zero-order valence-electron chi connectivity index (χ0n) is 8.70. The summed E-state index contributed by atoms with van der Waals surface area (Å²) in [7, 11) is 0. The molecular formula is C10H15N5. The van der Waals surface area contributed by atoms with Gasteiger partial charge in [0.05, 0.1) is 5.52 Å². The van der Waals surface area contributed by atoms with Gasteiger partial charge in [-0.25, -0.2) is 9.97 Å². The second kappa shape index (κ2) is 3.86. The van der Waals surface area contributed by atoms with Gasteiger partial charge in [0.25, 0.3) is 0 Å². The molecular weight excluding hydrogens is 190 g/mol. The summed E-state index contributed by atoms with van der Waals surface area (Å²) in [6.45, 7) is 2.68. The van der Waals surface area contributed by atoms with Crippen molar-refractivity contribution >= 4 is 17.0 Å². The van der Waals surface area contributed by atoms with E-state index in [1.165, 1.54) is 0 Å². The Bertz CT molecular complexity index is 458. The van der Waals surface area contributed by atoms with Crippen molar-refractivity contribution in [2.75, 3.05) is 12.3 Å². The van der Waals surface area contributed by atoms with E-state index in [4.69, 9.17) is 11.5 Å².